The van der Waals surface area contributed by atoms with Crippen molar-refractivity contribution in [1.82, 2.24) is 0 Å². The van der Waals surface area contributed by atoms with Crippen molar-refractivity contribution in [1.29, 1.82) is 0 Å². The first-order valence-electron chi connectivity index (χ1n) is 6.11. The quantitative estimate of drug-likeness (QED) is 0.858. The van der Waals surface area contributed by atoms with Crippen LogP contribution in [0.15, 0.2) is 48.5 Å². The van der Waals surface area contributed by atoms with Crippen LogP contribution in [-0.2, 0) is 0 Å². The van der Waals surface area contributed by atoms with Gasteiger partial charge in [-0.3, -0.25) is 0 Å². The number of halogens is 1. The Labute approximate surface area is 112 Å². The van der Waals surface area contributed by atoms with Crippen molar-refractivity contribution in [2.45, 2.75) is 18.5 Å². The van der Waals surface area contributed by atoms with E-state index in [9.17, 15) is 0 Å². The molecule has 2 atom stereocenters. The van der Waals surface area contributed by atoms with E-state index in [0.717, 1.165) is 17.1 Å². The minimum absolute atomic E-state index is 0.112. The van der Waals surface area contributed by atoms with Crippen molar-refractivity contribution in [2.24, 2.45) is 5.73 Å². The van der Waals surface area contributed by atoms with Gasteiger partial charge in [-0.05, 0) is 29.7 Å². The third-order valence-corrected chi connectivity index (χ3v) is 3.79. The normalized spacial score (nSPS) is 21.7. The first-order chi connectivity index (χ1) is 8.75. The summed E-state index contributed by atoms with van der Waals surface area (Å²) in [6, 6.07) is 16.5. The van der Waals surface area contributed by atoms with E-state index in [0.29, 0.717) is 0 Å². The van der Waals surface area contributed by atoms with Gasteiger partial charge in [0.25, 0.3) is 0 Å². The number of para-hydroxylation sites is 1. The minimum Gasteiger partial charge on any atom is -0.377 e. The first kappa shape index (κ1) is 11.6. The van der Waals surface area contributed by atoms with Crippen molar-refractivity contribution in [3.63, 3.8) is 0 Å². The molecule has 0 aromatic heterocycles. The molecule has 0 spiro atoms. The van der Waals surface area contributed by atoms with Crippen LogP contribution in [0.3, 0.4) is 0 Å². The van der Waals surface area contributed by atoms with E-state index in [1.807, 2.05) is 30.3 Å². The van der Waals surface area contributed by atoms with Crippen LogP contribution >= 0.6 is 11.6 Å². The zero-order valence-corrected chi connectivity index (χ0v) is 10.7. The molecule has 2 aromatic carbocycles. The second-order valence-electron chi connectivity index (χ2n) is 4.65. The van der Waals surface area contributed by atoms with Crippen LogP contribution in [0.2, 0.25) is 5.02 Å². The van der Waals surface area contributed by atoms with Gasteiger partial charge < -0.3 is 11.1 Å². The molecule has 0 bridgehead atoms. The predicted molar refractivity (Wildman–Crippen MR) is 75.8 cm³/mol. The SMILES string of the molecule is NC1CC(Nc2ccccc2Cl)c2ccccc21. The second kappa shape index (κ2) is 4.63. The van der Waals surface area contributed by atoms with Gasteiger partial charge in [0.1, 0.15) is 0 Å². The molecule has 1 aliphatic rings. The van der Waals surface area contributed by atoms with E-state index in [-0.39, 0.29) is 12.1 Å². The van der Waals surface area contributed by atoms with Gasteiger partial charge in [0.2, 0.25) is 0 Å². The zero-order chi connectivity index (χ0) is 12.5. The predicted octanol–water partition coefficient (Wildman–Crippen LogP) is 3.90. The molecule has 3 rings (SSSR count). The molecule has 2 unspecified atom stereocenters. The fourth-order valence-electron chi connectivity index (χ4n) is 2.58. The molecule has 2 nitrogen and oxygen atoms in total. The number of nitrogens with one attached hydrogen (secondary N) is 1. The molecule has 2 aromatic rings. The highest BCUT2D eigenvalue weighted by Gasteiger charge is 2.28. The number of rotatable bonds is 2. The van der Waals surface area contributed by atoms with Crippen molar-refractivity contribution < 1.29 is 0 Å². The number of nitrogens with two attached hydrogens (primary N) is 1. The lowest BCUT2D eigenvalue weighted by Crippen LogP contribution is -2.10. The third kappa shape index (κ3) is 1.98. The summed E-state index contributed by atoms with van der Waals surface area (Å²) in [6.45, 7) is 0. The molecular weight excluding hydrogens is 244 g/mol. The summed E-state index contributed by atoms with van der Waals surface area (Å²) < 4.78 is 0. The summed E-state index contributed by atoms with van der Waals surface area (Å²) in [5.41, 5.74) is 9.64. The van der Waals surface area contributed by atoms with Gasteiger partial charge in [0.15, 0.2) is 0 Å². The zero-order valence-electron chi connectivity index (χ0n) is 9.94. The number of fused-ring (bicyclic) bond motifs is 1. The Kier molecular flexibility index (Phi) is 2.98. The molecule has 0 heterocycles. The minimum atomic E-state index is 0.112. The maximum atomic E-state index is 6.17. The van der Waals surface area contributed by atoms with E-state index in [1.165, 1.54) is 11.1 Å². The van der Waals surface area contributed by atoms with Gasteiger partial charge in [-0.25, -0.2) is 0 Å². The Hall–Kier alpha value is -1.51. The van der Waals surface area contributed by atoms with Crippen LogP contribution in [0, 0.1) is 0 Å². The summed E-state index contributed by atoms with van der Waals surface area (Å²) in [6.07, 6.45) is 0.907. The van der Waals surface area contributed by atoms with Crippen LogP contribution in [-0.4, -0.2) is 0 Å². The van der Waals surface area contributed by atoms with Gasteiger partial charge in [-0.2, -0.15) is 0 Å². The van der Waals surface area contributed by atoms with Crippen molar-refractivity contribution in [3.05, 3.63) is 64.7 Å². The van der Waals surface area contributed by atoms with E-state index in [1.54, 1.807) is 0 Å². The number of hydrogen-bond donors (Lipinski definition) is 2. The maximum Gasteiger partial charge on any atom is 0.0637 e. The smallest absolute Gasteiger partial charge is 0.0637 e. The lowest BCUT2D eigenvalue weighted by molar-refractivity contribution is 0.648. The molecule has 18 heavy (non-hydrogen) atoms. The fraction of sp³-hybridized carbons (Fsp3) is 0.200. The first-order valence-corrected chi connectivity index (χ1v) is 6.49. The Morgan fingerprint density at radius 2 is 1.67 bits per heavy atom. The standard InChI is InChI=1S/C15H15ClN2/c16-12-7-3-4-8-14(12)18-15-9-13(17)10-5-1-2-6-11(10)15/h1-8,13,15,18H,9,17H2. The van der Waals surface area contributed by atoms with Crippen LogP contribution < -0.4 is 11.1 Å². The lowest BCUT2D eigenvalue weighted by Gasteiger charge is -2.16. The largest absolute Gasteiger partial charge is 0.377 e. The molecule has 0 radical (unpaired) electrons. The molecule has 3 N–H and O–H groups in total. The van der Waals surface area contributed by atoms with E-state index in [4.69, 9.17) is 17.3 Å². The monoisotopic (exact) mass is 258 g/mol. The van der Waals surface area contributed by atoms with Crippen molar-refractivity contribution in [2.75, 3.05) is 5.32 Å². The highest BCUT2D eigenvalue weighted by Crippen LogP contribution is 2.39. The molecule has 1 aliphatic carbocycles. The van der Waals surface area contributed by atoms with E-state index >= 15 is 0 Å². The van der Waals surface area contributed by atoms with Gasteiger partial charge in [0.05, 0.1) is 16.8 Å². The molecule has 92 valence electrons. The lowest BCUT2D eigenvalue weighted by atomic mass is 10.1. The van der Waals surface area contributed by atoms with E-state index in [2.05, 4.69) is 23.5 Å². The Morgan fingerprint density at radius 1 is 1.00 bits per heavy atom. The summed E-state index contributed by atoms with van der Waals surface area (Å²) in [7, 11) is 0. The van der Waals surface area contributed by atoms with Crippen LogP contribution in [0.1, 0.15) is 29.6 Å². The van der Waals surface area contributed by atoms with Crippen LogP contribution in [0.25, 0.3) is 0 Å². The van der Waals surface area contributed by atoms with Crippen molar-refractivity contribution in [3.8, 4) is 0 Å². The molecule has 0 saturated carbocycles. The van der Waals surface area contributed by atoms with E-state index < -0.39 is 0 Å². The molecule has 0 fully saturated rings. The average Bonchev–Trinajstić information content (AvgIpc) is 2.70. The fourth-order valence-corrected chi connectivity index (χ4v) is 2.77. The Bertz CT molecular complexity index is 568. The number of anilines is 1. The Balaban J connectivity index is 1.90. The van der Waals surface area contributed by atoms with Crippen LogP contribution in [0.5, 0.6) is 0 Å². The topological polar surface area (TPSA) is 38.0 Å². The summed E-state index contributed by atoms with van der Waals surface area (Å²) in [4.78, 5) is 0. The van der Waals surface area contributed by atoms with Gasteiger partial charge in [0, 0.05) is 6.04 Å². The highest BCUT2D eigenvalue weighted by atomic mass is 35.5. The second-order valence-corrected chi connectivity index (χ2v) is 5.06. The van der Waals surface area contributed by atoms with Crippen molar-refractivity contribution >= 4 is 17.3 Å². The van der Waals surface area contributed by atoms with Crippen LogP contribution in [0.4, 0.5) is 5.69 Å². The van der Waals surface area contributed by atoms with Gasteiger partial charge >= 0.3 is 0 Å². The molecule has 0 saturated heterocycles. The third-order valence-electron chi connectivity index (χ3n) is 3.46. The highest BCUT2D eigenvalue weighted by molar-refractivity contribution is 6.33. The average molecular weight is 259 g/mol. The number of hydrogen-bond acceptors (Lipinski definition) is 2. The van der Waals surface area contributed by atoms with Gasteiger partial charge in [-0.15, -0.1) is 0 Å². The Morgan fingerprint density at radius 3 is 2.44 bits per heavy atom. The summed E-state index contributed by atoms with van der Waals surface area (Å²) in [5, 5.41) is 4.23. The summed E-state index contributed by atoms with van der Waals surface area (Å²) >= 11 is 6.17. The molecular formula is C15H15ClN2. The number of benzene rings is 2. The molecule has 0 aliphatic heterocycles. The maximum absolute atomic E-state index is 6.17. The summed E-state index contributed by atoms with van der Waals surface area (Å²) in [5.74, 6) is 0. The van der Waals surface area contributed by atoms with Gasteiger partial charge in [-0.1, -0.05) is 48.0 Å². The molecule has 0 amide bonds. The molecule has 3 heteroatoms.